The third kappa shape index (κ3) is 2.88. The maximum absolute atomic E-state index is 11.4. The van der Waals surface area contributed by atoms with Gasteiger partial charge in [0.15, 0.2) is 0 Å². The van der Waals surface area contributed by atoms with E-state index < -0.39 is 11.9 Å². The lowest BCUT2D eigenvalue weighted by molar-refractivity contribution is -0.139. The monoisotopic (exact) mass is 225 g/mol. The smallest absolute Gasteiger partial charge is 0.325 e. The van der Waals surface area contributed by atoms with Crippen molar-refractivity contribution in [3.05, 3.63) is 23.8 Å². The molecular formula is C10H11NO5. The molecule has 86 valence electrons. The predicted octanol–water partition coefficient (Wildman–Crippen LogP) is 0.000600. The minimum atomic E-state index is -0.668. The summed E-state index contributed by atoms with van der Waals surface area (Å²) in [5.41, 5.74) is -0.107. The third-order valence-corrected chi connectivity index (χ3v) is 1.85. The number of hydrogen-bond donors (Lipinski definition) is 3. The normalized spacial score (nSPS) is 9.56. The molecule has 0 atom stereocenters. The van der Waals surface area contributed by atoms with E-state index in [1.165, 1.54) is 19.2 Å². The highest BCUT2D eigenvalue weighted by Gasteiger charge is 2.12. The van der Waals surface area contributed by atoms with E-state index in [1.54, 1.807) is 0 Å². The van der Waals surface area contributed by atoms with Gasteiger partial charge in [0.25, 0.3) is 5.91 Å². The van der Waals surface area contributed by atoms with Crippen molar-refractivity contribution in [2.45, 2.75) is 0 Å². The Hall–Kier alpha value is -2.24. The molecule has 0 aliphatic heterocycles. The topological polar surface area (TPSA) is 95.9 Å². The van der Waals surface area contributed by atoms with Crippen molar-refractivity contribution in [1.29, 1.82) is 0 Å². The summed E-state index contributed by atoms with van der Waals surface area (Å²) in [6.45, 7) is -0.301. The summed E-state index contributed by atoms with van der Waals surface area (Å²) in [4.78, 5) is 22.2. The Labute approximate surface area is 91.5 Å². The Bertz CT molecular complexity index is 416. The zero-order chi connectivity index (χ0) is 12.1. The van der Waals surface area contributed by atoms with Crippen molar-refractivity contribution in [2.75, 3.05) is 13.7 Å². The number of nitrogens with one attached hydrogen (secondary N) is 1. The van der Waals surface area contributed by atoms with E-state index in [9.17, 15) is 14.7 Å². The van der Waals surface area contributed by atoms with Crippen molar-refractivity contribution in [3.8, 4) is 11.5 Å². The molecule has 0 fully saturated rings. The van der Waals surface area contributed by atoms with Gasteiger partial charge in [0.2, 0.25) is 0 Å². The first-order valence-electron chi connectivity index (χ1n) is 4.41. The number of rotatable bonds is 3. The molecule has 0 aliphatic carbocycles. The number of phenolic OH excluding ortho intramolecular Hbond substituents is 2. The van der Waals surface area contributed by atoms with Crippen molar-refractivity contribution < 1.29 is 24.5 Å². The number of phenols is 2. The van der Waals surface area contributed by atoms with Crippen molar-refractivity contribution in [1.82, 2.24) is 5.32 Å². The minimum Gasteiger partial charge on any atom is -0.508 e. The second kappa shape index (κ2) is 5.01. The summed E-state index contributed by atoms with van der Waals surface area (Å²) in [6, 6.07) is 3.52. The number of benzene rings is 1. The Balaban J connectivity index is 2.73. The van der Waals surface area contributed by atoms with Crippen LogP contribution in [0.3, 0.4) is 0 Å². The van der Waals surface area contributed by atoms with E-state index >= 15 is 0 Å². The van der Waals surface area contributed by atoms with Gasteiger partial charge in [-0.3, -0.25) is 9.59 Å². The number of carbonyl (C=O) groups is 2. The van der Waals surface area contributed by atoms with Gasteiger partial charge >= 0.3 is 5.97 Å². The van der Waals surface area contributed by atoms with E-state index in [0.29, 0.717) is 0 Å². The molecule has 1 rings (SSSR count). The molecule has 6 heteroatoms. The largest absolute Gasteiger partial charge is 0.508 e. The van der Waals surface area contributed by atoms with Crippen molar-refractivity contribution >= 4 is 11.9 Å². The van der Waals surface area contributed by atoms with E-state index in [1.807, 2.05) is 0 Å². The fraction of sp³-hybridized carbons (Fsp3) is 0.200. The summed E-state index contributed by atoms with van der Waals surface area (Å²) >= 11 is 0. The summed E-state index contributed by atoms with van der Waals surface area (Å²) in [6.07, 6.45) is 0. The zero-order valence-electron chi connectivity index (χ0n) is 8.56. The molecule has 0 radical (unpaired) electrons. The van der Waals surface area contributed by atoms with Crippen LogP contribution in [0.5, 0.6) is 11.5 Å². The maximum atomic E-state index is 11.4. The highest BCUT2D eigenvalue weighted by Crippen LogP contribution is 2.21. The molecular weight excluding hydrogens is 214 g/mol. The van der Waals surface area contributed by atoms with E-state index in [-0.39, 0.29) is 23.6 Å². The van der Waals surface area contributed by atoms with Gasteiger partial charge in [-0.05, 0) is 18.2 Å². The molecule has 16 heavy (non-hydrogen) atoms. The summed E-state index contributed by atoms with van der Waals surface area (Å²) in [5, 5.41) is 20.7. The first-order chi connectivity index (χ1) is 7.54. The fourth-order valence-corrected chi connectivity index (χ4v) is 1.03. The summed E-state index contributed by atoms with van der Waals surface area (Å²) in [5.74, 6) is -1.70. The number of methoxy groups -OCH3 is 1. The highest BCUT2D eigenvalue weighted by molar-refractivity contribution is 5.98. The Kier molecular flexibility index (Phi) is 3.71. The average molecular weight is 225 g/mol. The summed E-state index contributed by atoms with van der Waals surface area (Å²) in [7, 11) is 1.19. The molecule has 0 heterocycles. The Morgan fingerprint density at radius 1 is 1.38 bits per heavy atom. The second-order valence-electron chi connectivity index (χ2n) is 2.96. The number of carbonyl (C=O) groups excluding carboxylic acids is 2. The number of hydrogen-bond acceptors (Lipinski definition) is 5. The molecule has 0 spiro atoms. The van der Waals surface area contributed by atoms with Crippen LogP contribution in [-0.2, 0) is 9.53 Å². The average Bonchev–Trinajstić information content (AvgIpc) is 2.28. The van der Waals surface area contributed by atoms with Crippen LogP contribution in [0.4, 0.5) is 0 Å². The molecule has 6 nitrogen and oxygen atoms in total. The van der Waals surface area contributed by atoms with Gasteiger partial charge < -0.3 is 20.3 Å². The predicted molar refractivity (Wildman–Crippen MR) is 54.1 cm³/mol. The second-order valence-corrected chi connectivity index (χ2v) is 2.96. The van der Waals surface area contributed by atoms with Gasteiger partial charge in [0, 0.05) is 0 Å². The first-order valence-corrected chi connectivity index (χ1v) is 4.41. The lowest BCUT2D eigenvalue weighted by Gasteiger charge is -2.05. The standard InChI is InChI=1S/C10H11NO5/c1-16-9(14)5-11-10(15)7-4-6(12)2-3-8(7)13/h2-4,12-13H,5H2,1H3,(H,11,15). The maximum Gasteiger partial charge on any atom is 0.325 e. The van der Waals surface area contributed by atoms with Gasteiger partial charge in [-0.15, -0.1) is 0 Å². The van der Waals surface area contributed by atoms with Gasteiger partial charge in [-0.2, -0.15) is 0 Å². The van der Waals surface area contributed by atoms with E-state index in [4.69, 9.17) is 5.11 Å². The van der Waals surface area contributed by atoms with Gasteiger partial charge in [-0.1, -0.05) is 0 Å². The molecule has 3 N–H and O–H groups in total. The van der Waals surface area contributed by atoms with Crippen LogP contribution in [0.1, 0.15) is 10.4 Å². The van der Waals surface area contributed by atoms with Crippen LogP contribution >= 0.6 is 0 Å². The van der Waals surface area contributed by atoms with Crippen molar-refractivity contribution in [2.24, 2.45) is 0 Å². The molecule has 0 unspecified atom stereocenters. The lowest BCUT2D eigenvalue weighted by atomic mass is 10.2. The number of ether oxygens (including phenoxy) is 1. The van der Waals surface area contributed by atoms with E-state index in [0.717, 1.165) is 6.07 Å². The van der Waals surface area contributed by atoms with E-state index in [2.05, 4.69) is 10.1 Å². The quantitative estimate of drug-likeness (QED) is 0.497. The molecule has 0 saturated carbocycles. The number of aromatic hydroxyl groups is 2. The SMILES string of the molecule is COC(=O)CNC(=O)c1cc(O)ccc1O. The lowest BCUT2D eigenvalue weighted by Crippen LogP contribution is -2.30. The van der Waals surface area contributed by atoms with Gasteiger partial charge in [-0.25, -0.2) is 0 Å². The zero-order valence-corrected chi connectivity index (χ0v) is 8.56. The molecule has 0 aromatic heterocycles. The molecule has 0 saturated heterocycles. The van der Waals surface area contributed by atoms with Crippen LogP contribution < -0.4 is 5.32 Å². The van der Waals surface area contributed by atoms with Crippen molar-refractivity contribution in [3.63, 3.8) is 0 Å². The molecule has 1 aromatic carbocycles. The Morgan fingerprint density at radius 3 is 2.69 bits per heavy atom. The minimum absolute atomic E-state index is 0.107. The van der Waals surface area contributed by atoms with Crippen LogP contribution in [0, 0.1) is 0 Å². The summed E-state index contributed by atoms with van der Waals surface area (Å²) < 4.78 is 4.32. The fourth-order valence-electron chi connectivity index (χ4n) is 1.03. The van der Waals surface area contributed by atoms with Crippen LogP contribution in [-0.4, -0.2) is 35.7 Å². The van der Waals surface area contributed by atoms with Crippen LogP contribution in [0.2, 0.25) is 0 Å². The van der Waals surface area contributed by atoms with Gasteiger partial charge in [0.05, 0.1) is 12.7 Å². The number of esters is 1. The van der Waals surface area contributed by atoms with Gasteiger partial charge in [0.1, 0.15) is 18.0 Å². The van der Waals surface area contributed by atoms with Crippen LogP contribution in [0.15, 0.2) is 18.2 Å². The molecule has 1 amide bonds. The molecule has 1 aromatic rings. The highest BCUT2D eigenvalue weighted by atomic mass is 16.5. The Morgan fingerprint density at radius 2 is 2.06 bits per heavy atom. The first kappa shape index (κ1) is 11.8. The number of amides is 1. The van der Waals surface area contributed by atoms with Crippen LogP contribution in [0.25, 0.3) is 0 Å². The third-order valence-electron chi connectivity index (χ3n) is 1.85. The molecule has 0 bridgehead atoms. The molecule has 0 aliphatic rings.